The number of nitrogens with one attached hydrogen (secondary N) is 1. The fourth-order valence-electron chi connectivity index (χ4n) is 1.76. The van der Waals surface area contributed by atoms with Crippen molar-refractivity contribution >= 4 is 5.82 Å². The van der Waals surface area contributed by atoms with Gasteiger partial charge in [0.2, 0.25) is 5.88 Å². The van der Waals surface area contributed by atoms with E-state index in [0.717, 1.165) is 0 Å². The van der Waals surface area contributed by atoms with E-state index in [2.05, 4.69) is 20.0 Å². The van der Waals surface area contributed by atoms with Gasteiger partial charge in [0.1, 0.15) is 23.7 Å². The van der Waals surface area contributed by atoms with Crippen LogP contribution in [0.5, 0.6) is 11.6 Å². The van der Waals surface area contributed by atoms with Crippen LogP contribution < -0.4 is 14.8 Å². The highest BCUT2D eigenvalue weighted by Crippen LogP contribution is 2.24. The van der Waals surface area contributed by atoms with Crippen LogP contribution in [0.25, 0.3) is 0 Å². The van der Waals surface area contributed by atoms with Crippen molar-refractivity contribution in [3.05, 3.63) is 42.0 Å². The summed E-state index contributed by atoms with van der Waals surface area (Å²) in [6.07, 6.45) is 1.28. The zero-order chi connectivity index (χ0) is 15.9. The molecule has 0 fully saturated rings. The molecule has 1 aromatic carbocycles. The molecule has 0 unspecified atom stereocenters. The van der Waals surface area contributed by atoms with Gasteiger partial charge in [-0.2, -0.15) is 8.78 Å². The summed E-state index contributed by atoms with van der Waals surface area (Å²) in [6.45, 7) is -0.847. The Morgan fingerprint density at radius 1 is 1.27 bits per heavy atom. The molecule has 0 spiro atoms. The van der Waals surface area contributed by atoms with Gasteiger partial charge in [-0.3, -0.25) is 0 Å². The second kappa shape index (κ2) is 7.48. The summed E-state index contributed by atoms with van der Waals surface area (Å²) >= 11 is 0. The van der Waals surface area contributed by atoms with Crippen molar-refractivity contribution in [1.82, 2.24) is 9.97 Å². The highest BCUT2D eigenvalue weighted by molar-refractivity contribution is 5.41. The maximum atomic E-state index is 13.8. The molecule has 2 aromatic rings. The predicted octanol–water partition coefficient (Wildman–Crippen LogP) is 3.23. The minimum absolute atomic E-state index is 0.0145. The van der Waals surface area contributed by atoms with Crippen molar-refractivity contribution in [2.45, 2.75) is 20.1 Å². The third-order valence-electron chi connectivity index (χ3n) is 2.67. The van der Waals surface area contributed by atoms with E-state index in [0.29, 0.717) is 18.3 Å². The van der Waals surface area contributed by atoms with E-state index in [1.54, 1.807) is 0 Å². The summed E-state index contributed by atoms with van der Waals surface area (Å²) in [6, 6.07) is 5.27. The molecule has 1 N–H and O–H groups in total. The zero-order valence-corrected chi connectivity index (χ0v) is 11.7. The molecule has 0 amide bonds. The maximum absolute atomic E-state index is 13.8. The minimum Gasteiger partial charge on any atom is -0.478 e. The molecule has 8 heteroatoms. The first-order valence-corrected chi connectivity index (χ1v) is 6.51. The molecule has 0 aliphatic rings. The van der Waals surface area contributed by atoms with E-state index < -0.39 is 12.4 Å². The quantitative estimate of drug-likeness (QED) is 0.850. The zero-order valence-electron chi connectivity index (χ0n) is 11.7. The number of anilines is 1. The number of ether oxygens (including phenoxy) is 2. The van der Waals surface area contributed by atoms with Crippen LogP contribution in [0.2, 0.25) is 0 Å². The maximum Gasteiger partial charge on any atom is 0.387 e. The van der Waals surface area contributed by atoms with Gasteiger partial charge in [0.05, 0.1) is 6.61 Å². The molecule has 0 saturated heterocycles. The van der Waals surface area contributed by atoms with Gasteiger partial charge in [0, 0.05) is 18.2 Å². The molecule has 0 radical (unpaired) electrons. The van der Waals surface area contributed by atoms with Crippen LogP contribution >= 0.6 is 0 Å². The van der Waals surface area contributed by atoms with Gasteiger partial charge < -0.3 is 14.8 Å². The highest BCUT2D eigenvalue weighted by Gasteiger charge is 2.13. The van der Waals surface area contributed by atoms with Gasteiger partial charge >= 0.3 is 6.61 Å². The summed E-state index contributed by atoms with van der Waals surface area (Å²) in [5.74, 6) is -0.131. The molecule has 0 saturated carbocycles. The Morgan fingerprint density at radius 3 is 2.82 bits per heavy atom. The van der Waals surface area contributed by atoms with Gasteiger partial charge in [-0.25, -0.2) is 14.4 Å². The van der Waals surface area contributed by atoms with Crippen LogP contribution in [-0.2, 0) is 6.54 Å². The van der Waals surface area contributed by atoms with Crippen molar-refractivity contribution in [3.63, 3.8) is 0 Å². The van der Waals surface area contributed by atoms with Crippen molar-refractivity contribution in [1.29, 1.82) is 0 Å². The summed E-state index contributed by atoms with van der Waals surface area (Å²) in [7, 11) is 0. The number of halogens is 3. The van der Waals surface area contributed by atoms with Gasteiger partial charge in [0.15, 0.2) is 0 Å². The summed E-state index contributed by atoms with van der Waals surface area (Å²) < 4.78 is 48.0. The first kappa shape index (κ1) is 15.9. The second-order valence-corrected chi connectivity index (χ2v) is 4.12. The lowest BCUT2D eigenvalue weighted by Gasteiger charge is -2.12. The van der Waals surface area contributed by atoms with Gasteiger partial charge in [-0.15, -0.1) is 0 Å². The number of alkyl halides is 2. The predicted molar refractivity (Wildman–Crippen MR) is 73.6 cm³/mol. The van der Waals surface area contributed by atoms with E-state index in [-0.39, 0.29) is 17.9 Å². The molecule has 118 valence electrons. The molecule has 1 heterocycles. The fourth-order valence-corrected chi connectivity index (χ4v) is 1.76. The number of hydrogen-bond acceptors (Lipinski definition) is 5. The molecule has 0 bridgehead atoms. The summed E-state index contributed by atoms with van der Waals surface area (Å²) in [5, 5.41) is 2.82. The van der Waals surface area contributed by atoms with Crippen LogP contribution in [0.1, 0.15) is 12.5 Å². The summed E-state index contributed by atoms with van der Waals surface area (Å²) in [5.41, 5.74) is -0.0145. The largest absolute Gasteiger partial charge is 0.478 e. The van der Waals surface area contributed by atoms with E-state index in [1.165, 1.54) is 30.6 Å². The second-order valence-electron chi connectivity index (χ2n) is 4.12. The van der Waals surface area contributed by atoms with E-state index >= 15 is 0 Å². The lowest BCUT2D eigenvalue weighted by atomic mass is 10.2. The van der Waals surface area contributed by atoms with E-state index in [9.17, 15) is 13.2 Å². The third kappa shape index (κ3) is 4.24. The number of rotatable bonds is 7. The standard InChI is InChI=1S/C14H14F3N3O2/c1-2-21-13-6-12(19-8-20-13)18-7-9-10(15)4-3-5-11(9)22-14(16)17/h3-6,8,14H,2,7H2,1H3,(H,18,19,20). The normalized spacial score (nSPS) is 10.6. The Morgan fingerprint density at radius 2 is 2.09 bits per heavy atom. The van der Waals surface area contributed by atoms with Gasteiger partial charge in [0.25, 0.3) is 0 Å². The average molecular weight is 313 g/mol. The molecule has 0 aliphatic heterocycles. The molecular formula is C14H14F3N3O2. The molecule has 22 heavy (non-hydrogen) atoms. The van der Waals surface area contributed by atoms with Crippen LogP contribution in [-0.4, -0.2) is 23.2 Å². The number of benzene rings is 1. The molecule has 2 rings (SSSR count). The monoisotopic (exact) mass is 313 g/mol. The van der Waals surface area contributed by atoms with Crippen molar-refractivity contribution in [2.24, 2.45) is 0 Å². The number of aromatic nitrogens is 2. The number of hydrogen-bond donors (Lipinski definition) is 1. The molecule has 5 nitrogen and oxygen atoms in total. The van der Waals surface area contributed by atoms with Crippen LogP contribution in [0.15, 0.2) is 30.6 Å². The third-order valence-corrected chi connectivity index (χ3v) is 2.67. The van der Waals surface area contributed by atoms with E-state index in [1.807, 2.05) is 6.92 Å². The fraction of sp³-hybridized carbons (Fsp3) is 0.286. The SMILES string of the molecule is CCOc1cc(NCc2c(F)cccc2OC(F)F)ncn1. The topological polar surface area (TPSA) is 56.3 Å². The molecule has 0 atom stereocenters. The Labute approximate surface area is 125 Å². The lowest BCUT2D eigenvalue weighted by molar-refractivity contribution is -0.0505. The molecule has 1 aromatic heterocycles. The average Bonchev–Trinajstić information content (AvgIpc) is 2.47. The summed E-state index contributed by atoms with van der Waals surface area (Å²) in [4.78, 5) is 7.83. The minimum atomic E-state index is -3.02. The van der Waals surface area contributed by atoms with Crippen LogP contribution in [0.4, 0.5) is 19.0 Å². The highest BCUT2D eigenvalue weighted by atomic mass is 19.3. The van der Waals surface area contributed by atoms with Crippen LogP contribution in [0, 0.1) is 5.82 Å². The number of nitrogens with zero attached hydrogens (tertiary/aromatic N) is 2. The van der Waals surface area contributed by atoms with Crippen molar-refractivity contribution < 1.29 is 22.6 Å². The molecular weight excluding hydrogens is 299 g/mol. The van der Waals surface area contributed by atoms with Gasteiger partial charge in [-0.1, -0.05) is 6.07 Å². The Balaban J connectivity index is 2.12. The first-order chi connectivity index (χ1) is 10.6. The van der Waals surface area contributed by atoms with Gasteiger partial charge in [-0.05, 0) is 19.1 Å². The molecule has 0 aliphatic carbocycles. The Bertz CT molecular complexity index is 626. The van der Waals surface area contributed by atoms with Crippen molar-refractivity contribution in [2.75, 3.05) is 11.9 Å². The Hall–Kier alpha value is -2.51. The lowest BCUT2D eigenvalue weighted by Crippen LogP contribution is -2.09. The van der Waals surface area contributed by atoms with Crippen LogP contribution in [0.3, 0.4) is 0 Å². The van der Waals surface area contributed by atoms with E-state index in [4.69, 9.17) is 4.74 Å². The first-order valence-electron chi connectivity index (χ1n) is 6.51. The Kier molecular flexibility index (Phi) is 5.40. The van der Waals surface area contributed by atoms with Crippen molar-refractivity contribution in [3.8, 4) is 11.6 Å². The smallest absolute Gasteiger partial charge is 0.387 e.